The molecular weight excluding hydrogens is 276 g/mol. The van der Waals surface area contributed by atoms with Crippen molar-refractivity contribution < 1.29 is 9.90 Å². The quantitative estimate of drug-likeness (QED) is 0.892. The monoisotopic (exact) mass is 298 g/mol. The van der Waals surface area contributed by atoms with Crippen molar-refractivity contribution in [1.29, 1.82) is 0 Å². The first-order valence-electron chi connectivity index (χ1n) is 7.81. The number of nitrogens with zero attached hydrogens (tertiary/aromatic N) is 1. The maximum Gasteiger partial charge on any atom is 0.335 e. The first-order chi connectivity index (χ1) is 10.6. The fraction of sp³-hybridized carbons (Fsp3) is 0.389. The third-order valence-electron chi connectivity index (χ3n) is 4.44. The van der Waals surface area contributed by atoms with E-state index in [9.17, 15) is 9.90 Å². The van der Waals surface area contributed by atoms with Gasteiger partial charge in [0, 0.05) is 32.5 Å². The number of carboxylic acids is 1. The van der Waals surface area contributed by atoms with E-state index in [-0.39, 0.29) is 0 Å². The van der Waals surface area contributed by atoms with E-state index in [1.807, 2.05) is 29.9 Å². The maximum atomic E-state index is 11.2. The lowest BCUT2D eigenvalue weighted by atomic mass is 9.82. The molecule has 116 valence electrons. The first-order valence-corrected chi connectivity index (χ1v) is 7.81. The molecule has 0 aliphatic heterocycles. The molecule has 0 radical (unpaired) electrons. The molecule has 4 heteroatoms. The number of rotatable bonds is 5. The summed E-state index contributed by atoms with van der Waals surface area (Å²) in [4.78, 5) is 11.2. The molecule has 1 aromatic carbocycles. The molecule has 0 saturated heterocycles. The van der Waals surface area contributed by atoms with Crippen LogP contribution >= 0.6 is 0 Å². The highest BCUT2D eigenvalue weighted by Gasteiger charge is 2.21. The lowest BCUT2D eigenvalue weighted by Crippen LogP contribution is -2.24. The summed E-state index contributed by atoms with van der Waals surface area (Å²) < 4.78 is 2.05. The van der Waals surface area contributed by atoms with E-state index >= 15 is 0 Å². The molecule has 2 N–H and O–H groups in total. The Hall–Kier alpha value is -2.07. The molecule has 22 heavy (non-hydrogen) atoms. The molecule has 0 bridgehead atoms. The van der Waals surface area contributed by atoms with Gasteiger partial charge in [-0.2, -0.15) is 0 Å². The minimum absolute atomic E-state index is 0.397. The van der Waals surface area contributed by atoms with E-state index in [2.05, 4.69) is 17.6 Å². The number of benzene rings is 1. The highest BCUT2D eigenvalue weighted by Crippen LogP contribution is 2.32. The number of aryl methyl sites for hydroxylation is 2. The van der Waals surface area contributed by atoms with Gasteiger partial charge in [-0.25, -0.2) is 4.79 Å². The Kier molecular flexibility index (Phi) is 4.29. The Labute approximate surface area is 130 Å². The highest BCUT2D eigenvalue weighted by molar-refractivity contribution is 5.88. The van der Waals surface area contributed by atoms with Crippen LogP contribution in [0.15, 0.2) is 36.7 Å². The summed E-state index contributed by atoms with van der Waals surface area (Å²) in [5.74, 6) is -0.434. The van der Waals surface area contributed by atoms with Crippen LogP contribution in [-0.4, -0.2) is 22.2 Å². The van der Waals surface area contributed by atoms with Crippen molar-refractivity contribution >= 4 is 5.97 Å². The van der Waals surface area contributed by atoms with Gasteiger partial charge in [-0.15, -0.1) is 0 Å². The minimum atomic E-state index is -0.843. The molecule has 2 aromatic rings. The Morgan fingerprint density at radius 3 is 3.00 bits per heavy atom. The van der Waals surface area contributed by atoms with Gasteiger partial charge in [-0.05, 0) is 60.1 Å². The summed E-state index contributed by atoms with van der Waals surface area (Å²) in [5.41, 5.74) is 4.20. The average Bonchev–Trinajstić information content (AvgIpc) is 2.92. The summed E-state index contributed by atoms with van der Waals surface area (Å²) in [6, 6.07) is 7.69. The molecule has 1 heterocycles. The van der Waals surface area contributed by atoms with E-state index in [1.54, 1.807) is 6.07 Å². The molecule has 1 aliphatic rings. The molecule has 1 unspecified atom stereocenters. The number of hydrogen-bond acceptors (Lipinski definition) is 2. The van der Waals surface area contributed by atoms with Gasteiger partial charge in [-0.3, -0.25) is 0 Å². The van der Waals surface area contributed by atoms with E-state index in [0.717, 1.165) is 25.9 Å². The molecule has 0 fully saturated rings. The smallest absolute Gasteiger partial charge is 0.335 e. The number of carboxylic acid groups (broad SMARTS) is 1. The fourth-order valence-corrected chi connectivity index (χ4v) is 3.30. The second kappa shape index (κ2) is 6.36. The van der Waals surface area contributed by atoms with Crippen LogP contribution in [0.4, 0.5) is 0 Å². The second-order valence-corrected chi connectivity index (χ2v) is 6.12. The number of aromatic nitrogens is 1. The molecule has 1 atom stereocenters. The van der Waals surface area contributed by atoms with E-state index < -0.39 is 5.97 Å². The zero-order valence-corrected chi connectivity index (χ0v) is 12.9. The van der Waals surface area contributed by atoms with Crippen molar-refractivity contribution in [2.24, 2.45) is 7.05 Å². The standard InChI is InChI=1S/C18H22N2O2/c1-20-8-7-13(12-20)10-19-11-16-4-2-3-14-5-6-15(18(21)22)9-17(14)16/h5-9,12,16,19H,2-4,10-11H2,1H3,(H,21,22). The van der Waals surface area contributed by atoms with Crippen molar-refractivity contribution in [3.8, 4) is 0 Å². The first kappa shape index (κ1) is 14.9. The second-order valence-electron chi connectivity index (χ2n) is 6.12. The molecule has 1 aliphatic carbocycles. The molecule has 0 spiro atoms. The van der Waals surface area contributed by atoms with Crippen molar-refractivity contribution in [2.45, 2.75) is 31.7 Å². The Balaban J connectivity index is 1.68. The van der Waals surface area contributed by atoms with E-state index in [1.165, 1.54) is 23.1 Å². The molecule has 3 rings (SSSR count). The van der Waals surface area contributed by atoms with Gasteiger partial charge < -0.3 is 15.0 Å². The third-order valence-corrected chi connectivity index (χ3v) is 4.44. The predicted molar refractivity (Wildman–Crippen MR) is 86.2 cm³/mol. The third kappa shape index (κ3) is 3.22. The van der Waals surface area contributed by atoms with Gasteiger partial charge in [-0.1, -0.05) is 6.07 Å². The van der Waals surface area contributed by atoms with E-state index in [0.29, 0.717) is 11.5 Å². The van der Waals surface area contributed by atoms with Crippen LogP contribution in [0.1, 0.15) is 45.8 Å². The lowest BCUT2D eigenvalue weighted by molar-refractivity contribution is 0.0696. The number of carbonyl (C=O) groups is 1. The Morgan fingerprint density at radius 2 is 2.27 bits per heavy atom. The van der Waals surface area contributed by atoms with Gasteiger partial charge in [0.1, 0.15) is 0 Å². The lowest BCUT2D eigenvalue weighted by Gasteiger charge is -2.26. The van der Waals surface area contributed by atoms with Gasteiger partial charge in [0.2, 0.25) is 0 Å². The van der Waals surface area contributed by atoms with Crippen LogP contribution in [0.25, 0.3) is 0 Å². The zero-order chi connectivity index (χ0) is 15.5. The van der Waals surface area contributed by atoms with Gasteiger partial charge in [0.05, 0.1) is 5.56 Å². The largest absolute Gasteiger partial charge is 0.478 e. The van der Waals surface area contributed by atoms with Crippen LogP contribution in [0, 0.1) is 0 Å². The molecular formula is C18H22N2O2. The van der Waals surface area contributed by atoms with Crippen molar-refractivity contribution in [2.75, 3.05) is 6.54 Å². The number of aromatic carboxylic acids is 1. The fourth-order valence-electron chi connectivity index (χ4n) is 3.30. The van der Waals surface area contributed by atoms with Crippen LogP contribution in [0.5, 0.6) is 0 Å². The van der Waals surface area contributed by atoms with Crippen molar-refractivity contribution in [3.63, 3.8) is 0 Å². The normalized spacial score (nSPS) is 17.2. The van der Waals surface area contributed by atoms with Crippen LogP contribution in [0.2, 0.25) is 0 Å². The molecule has 1 aromatic heterocycles. The predicted octanol–water partition coefficient (Wildman–Crippen LogP) is 2.93. The van der Waals surface area contributed by atoms with E-state index in [4.69, 9.17) is 0 Å². The highest BCUT2D eigenvalue weighted by atomic mass is 16.4. The Bertz CT molecular complexity index is 675. The molecule has 0 saturated carbocycles. The van der Waals surface area contributed by atoms with Crippen LogP contribution in [-0.2, 0) is 20.0 Å². The topological polar surface area (TPSA) is 54.3 Å². The summed E-state index contributed by atoms with van der Waals surface area (Å²) >= 11 is 0. The van der Waals surface area contributed by atoms with Gasteiger partial charge in [0.25, 0.3) is 0 Å². The Morgan fingerprint density at radius 1 is 1.41 bits per heavy atom. The minimum Gasteiger partial charge on any atom is -0.478 e. The maximum absolute atomic E-state index is 11.2. The van der Waals surface area contributed by atoms with Crippen molar-refractivity contribution in [1.82, 2.24) is 9.88 Å². The number of nitrogens with one attached hydrogen (secondary N) is 1. The number of fused-ring (bicyclic) bond motifs is 1. The summed E-state index contributed by atoms with van der Waals surface area (Å²) in [6.45, 7) is 1.75. The number of hydrogen-bond donors (Lipinski definition) is 2. The molecule has 0 amide bonds. The van der Waals surface area contributed by atoms with Crippen molar-refractivity contribution in [3.05, 3.63) is 58.9 Å². The zero-order valence-electron chi connectivity index (χ0n) is 12.9. The molecule has 4 nitrogen and oxygen atoms in total. The van der Waals surface area contributed by atoms with Crippen LogP contribution in [0.3, 0.4) is 0 Å². The van der Waals surface area contributed by atoms with Gasteiger partial charge in [0.15, 0.2) is 0 Å². The van der Waals surface area contributed by atoms with Crippen LogP contribution < -0.4 is 5.32 Å². The summed E-state index contributed by atoms with van der Waals surface area (Å²) in [6.07, 6.45) is 7.52. The summed E-state index contributed by atoms with van der Waals surface area (Å²) in [5, 5.41) is 12.7. The summed E-state index contributed by atoms with van der Waals surface area (Å²) in [7, 11) is 2.02. The average molecular weight is 298 g/mol. The van der Waals surface area contributed by atoms with Gasteiger partial charge >= 0.3 is 5.97 Å². The SMILES string of the molecule is Cn1ccc(CNCC2CCCc3ccc(C(=O)O)cc32)c1.